The van der Waals surface area contributed by atoms with E-state index in [1.807, 2.05) is 0 Å². The molecule has 0 spiro atoms. The van der Waals surface area contributed by atoms with E-state index in [9.17, 15) is 0 Å². The van der Waals surface area contributed by atoms with E-state index in [4.69, 9.17) is 4.74 Å². The maximum atomic E-state index is 5.71. The second kappa shape index (κ2) is 7.53. The number of nitrogens with zero attached hydrogens (tertiary/aromatic N) is 1. The number of ether oxygens (including phenoxy) is 1. The average Bonchev–Trinajstić information content (AvgIpc) is 2.88. The van der Waals surface area contributed by atoms with Crippen LogP contribution in [-0.4, -0.2) is 38.2 Å². The molecule has 0 radical (unpaired) electrons. The molecule has 1 saturated carbocycles. The van der Waals surface area contributed by atoms with Crippen molar-refractivity contribution in [2.45, 2.75) is 38.6 Å². The van der Waals surface area contributed by atoms with Gasteiger partial charge in [-0.2, -0.15) is 0 Å². The molecule has 0 bridgehead atoms. The second-order valence-electron chi connectivity index (χ2n) is 6.10. The highest BCUT2D eigenvalue weighted by Crippen LogP contribution is 2.30. The fraction of sp³-hybridized carbons (Fsp3) is 0.647. The van der Waals surface area contributed by atoms with Gasteiger partial charge in [0.1, 0.15) is 12.4 Å². The van der Waals surface area contributed by atoms with Crippen molar-refractivity contribution in [1.29, 1.82) is 0 Å². The Bertz CT molecular complexity index is 388. The van der Waals surface area contributed by atoms with Crippen molar-refractivity contribution in [3.05, 3.63) is 24.3 Å². The molecule has 1 fully saturated rings. The van der Waals surface area contributed by atoms with Crippen LogP contribution in [-0.2, 0) is 0 Å². The summed E-state index contributed by atoms with van der Waals surface area (Å²) in [6.07, 6.45) is 5.31. The molecule has 1 aliphatic rings. The summed E-state index contributed by atoms with van der Waals surface area (Å²) < 4.78 is 5.71. The summed E-state index contributed by atoms with van der Waals surface area (Å²) in [5, 5.41) is 3.64. The Balaban J connectivity index is 1.77. The monoisotopic (exact) mass is 276 g/mol. The van der Waals surface area contributed by atoms with E-state index in [-0.39, 0.29) is 0 Å². The Morgan fingerprint density at radius 1 is 1.20 bits per heavy atom. The van der Waals surface area contributed by atoms with Crippen molar-refractivity contribution in [3.8, 4) is 5.75 Å². The summed E-state index contributed by atoms with van der Waals surface area (Å²) in [4.78, 5) is 2.13. The van der Waals surface area contributed by atoms with Gasteiger partial charge in [0.2, 0.25) is 0 Å². The van der Waals surface area contributed by atoms with E-state index in [1.54, 1.807) is 0 Å². The molecule has 0 aliphatic heterocycles. The van der Waals surface area contributed by atoms with E-state index in [1.165, 1.54) is 31.4 Å². The van der Waals surface area contributed by atoms with Gasteiger partial charge in [0, 0.05) is 18.3 Å². The predicted molar refractivity (Wildman–Crippen MR) is 85.5 cm³/mol. The molecule has 0 aromatic heterocycles. The molecule has 2 rings (SSSR count). The molecular formula is C17H28N2O. The van der Waals surface area contributed by atoms with Crippen LogP contribution in [0, 0.1) is 5.92 Å². The largest absolute Gasteiger partial charge is 0.492 e. The number of hydrogen-bond donors (Lipinski definition) is 1. The molecule has 2 atom stereocenters. The lowest BCUT2D eigenvalue weighted by molar-refractivity contribution is 0.261. The van der Waals surface area contributed by atoms with Gasteiger partial charge in [-0.15, -0.1) is 0 Å². The van der Waals surface area contributed by atoms with Gasteiger partial charge >= 0.3 is 0 Å². The number of hydrogen-bond acceptors (Lipinski definition) is 3. The Kier molecular flexibility index (Phi) is 5.72. The number of benzene rings is 1. The van der Waals surface area contributed by atoms with Crippen LogP contribution in [0.25, 0.3) is 0 Å². The lowest BCUT2D eigenvalue weighted by Gasteiger charge is -2.15. The Morgan fingerprint density at radius 3 is 2.55 bits per heavy atom. The lowest BCUT2D eigenvalue weighted by atomic mass is 10.1. The zero-order valence-corrected chi connectivity index (χ0v) is 13.1. The summed E-state index contributed by atoms with van der Waals surface area (Å²) in [5.74, 6) is 1.87. The van der Waals surface area contributed by atoms with E-state index in [0.29, 0.717) is 6.04 Å². The predicted octanol–water partition coefficient (Wildman–Crippen LogP) is 3.62. The molecule has 1 aromatic carbocycles. The van der Waals surface area contributed by atoms with Gasteiger partial charge in [-0.3, -0.25) is 0 Å². The SMILES string of the molecule is CCC1CCC(Nc2ccc(OCCN(C)C)cc2)C1. The number of likely N-dealkylation sites (N-methyl/N-ethyl adjacent to an activating group) is 1. The van der Waals surface area contributed by atoms with Gasteiger partial charge in [-0.05, 0) is 63.5 Å². The fourth-order valence-corrected chi connectivity index (χ4v) is 2.81. The van der Waals surface area contributed by atoms with E-state index < -0.39 is 0 Å². The van der Waals surface area contributed by atoms with Crippen LogP contribution in [0.2, 0.25) is 0 Å². The first-order valence-corrected chi connectivity index (χ1v) is 7.81. The van der Waals surface area contributed by atoms with Crippen molar-refractivity contribution in [1.82, 2.24) is 4.90 Å². The molecule has 112 valence electrons. The van der Waals surface area contributed by atoms with Gasteiger partial charge in [-0.25, -0.2) is 0 Å². The van der Waals surface area contributed by atoms with Crippen molar-refractivity contribution in [2.24, 2.45) is 5.92 Å². The molecule has 0 amide bonds. The third-order valence-electron chi connectivity index (χ3n) is 4.15. The molecule has 1 aliphatic carbocycles. The summed E-state index contributed by atoms with van der Waals surface area (Å²) >= 11 is 0. The van der Waals surface area contributed by atoms with Crippen LogP contribution in [0.1, 0.15) is 32.6 Å². The molecule has 1 N–H and O–H groups in total. The Labute approximate surface area is 123 Å². The molecule has 20 heavy (non-hydrogen) atoms. The lowest BCUT2D eigenvalue weighted by Crippen LogP contribution is -2.19. The van der Waals surface area contributed by atoms with Crippen LogP contribution in [0.4, 0.5) is 5.69 Å². The first kappa shape index (κ1) is 15.2. The summed E-state index contributed by atoms with van der Waals surface area (Å²) in [6, 6.07) is 9.03. The van der Waals surface area contributed by atoms with E-state index in [2.05, 4.69) is 55.5 Å². The van der Waals surface area contributed by atoms with Crippen LogP contribution in [0.15, 0.2) is 24.3 Å². The molecule has 0 saturated heterocycles. The topological polar surface area (TPSA) is 24.5 Å². The highest BCUT2D eigenvalue weighted by atomic mass is 16.5. The van der Waals surface area contributed by atoms with Crippen LogP contribution < -0.4 is 10.1 Å². The maximum absolute atomic E-state index is 5.71. The highest BCUT2D eigenvalue weighted by molar-refractivity contribution is 5.47. The standard InChI is InChI=1S/C17H28N2O/c1-4-14-5-6-16(13-14)18-15-7-9-17(10-8-15)20-12-11-19(2)3/h7-10,14,16,18H,4-6,11-13H2,1-3H3. The number of rotatable bonds is 7. The first-order chi connectivity index (χ1) is 9.67. The molecule has 3 heteroatoms. The Morgan fingerprint density at radius 2 is 1.95 bits per heavy atom. The zero-order chi connectivity index (χ0) is 14.4. The quantitative estimate of drug-likeness (QED) is 0.823. The van der Waals surface area contributed by atoms with Gasteiger partial charge in [-0.1, -0.05) is 13.3 Å². The van der Waals surface area contributed by atoms with E-state index >= 15 is 0 Å². The molecular weight excluding hydrogens is 248 g/mol. The summed E-state index contributed by atoms with van der Waals surface area (Å²) in [5.41, 5.74) is 1.21. The van der Waals surface area contributed by atoms with Crippen LogP contribution >= 0.6 is 0 Å². The molecule has 0 heterocycles. The molecule has 2 unspecified atom stereocenters. The second-order valence-corrected chi connectivity index (χ2v) is 6.10. The van der Waals surface area contributed by atoms with Gasteiger partial charge in [0.25, 0.3) is 0 Å². The average molecular weight is 276 g/mol. The zero-order valence-electron chi connectivity index (χ0n) is 13.1. The van der Waals surface area contributed by atoms with E-state index in [0.717, 1.165) is 24.8 Å². The third kappa shape index (κ3) is 4.71. The number of anilines is 1. The van der Waals surface area contributed by atoms with Crippen LogP contribution in [0.3, 0.4) is 0 Å². The number of nitrogens with one attached hydrogen (secondary N) is 1. The normalized spacial score (nSPS) is 22.2. The maximum Gasteiger partial charge on any atom is 0.119 e. The fourth-order valence-electron chi connectivity index (χ4n) is 2.81. The smallest absolute Gasteiger partial charge is 0.119 e. The van der Waals surface area contributed by atoms with Gasteiger partial charge < -0.3 is 15.0 Å². The summed E-state index contributed by atoms with van der Waals surface area (Å²) in [6.45, 7) is 3.98. The first-order valence-electron chi connectivity index (χ1n) is 7.81. The van der Waals surface area contributed by atoms with Gasteiger partial charge in [0.05, 0.1) is 0 Å². The van der Waals surface area contributed by atoms with Crippen molar-refractivity contribution in [2.75, 3.05) is 32.6 Å². The minimum atomic E-state index is 0.653. The van der Waals surface area contributed by atoms with Crippen molar-refractivity contribution < 1.29 is 4.74 Å². The summed E-state index contributed by atoms with van der Waals surface area (Å²) in [7, 11) is 4.11. The van der Waals surface area contributed by atoms with Crippen molar-refractivity contribution >= 4 is 5.69 Å². The van der Waals surface area contributed by atoms with Crippen LogP contribution in [0.5, 0.6) is 5.75 Å². The van der Waals surface area contributed by atoms with Gasteiger partial charge in [0.15, 0.2) is 0 Å². The third-order valence-corrected chi connectivity index (χ3v) is 4.15. The van der Waals surface area contributed by atoms with Crippen molar-refractivity contribution in [3.63, 3.8) is 0 Å². The minimum Gasteiger partial charge on any atom is -0.492 e. The molecule has 3 nitrogen and oxygen atoms in total. The molecule has 1 aromatic rings. The Hall–Kier alpha value is -1.22. The highest BCUT2D eigenvalue weighted by Gasteiger charge is 2.22. The minimum absolute atomic E-state index is 0.653.